The molecule has 0 spiro atoms. The van der Waals surface area contributed by atoms with Crippen LogP contribution in [0.2, 0.25) is 5.28 Å². The number of para-hydroxylation sites is 1. The van der Waals surface area contributed by atoms with Gasteiger partial charge in [0.05, 0.1) is 12.8 Å². The summed E-state index contributed by atoms with van der Waals surface area (Å²) in [6.45, 7) is 0. The smallest absolute Gasteiger partial charge is 0.341 e. The molecule has 2 aromatic heterocycles. The van der Waals surface area contributed by atoms with Crippen molar-refractivity contribution >= 4 is 28.5 Å². The number of esters is 1. The van der Waals surface area contributed by atoms with Gasteiger partial charge in [-0.2, -0.15) is 0 Å². The largest absolute Gasteiger partial charge is 0.465 e. The van der Waals surface area contributed by atoms with Gasteiger partial charge in [0.25, 0.3) is 0 Å². The van der Waals surface area contributed by atoms with Crippen LogP contribution in [0.1, 0.15) is 29.2 Å². The Labute approximate surface area is 137 Å². The van der Waals surface area contributed by atoms with E-state index in [-0.39, 0.29) is 5.28 Å². The van der Waals surface area contributed by atoms with Gasteiger partial charge in [-0.25, -0.2) is 14.8 Å². The highest BCUT2D eigenvalue weighted by Gasteiger charge is 2.27. The number of ether oxygens (including phenoxy) is 1. The molecule has 6 heteroatoms. The lowest BCUT2D eigenvalue weighted by molar-refractivity contribution is 0.0601. The van der Waals surface area contributed by atoms with E-state index in [2.05, 4.69) is 20.6 Å². The van der Waals surface area contributed by atoms with Gasteiger partial charge in [0.15, 0.2) is 0 Å². The maximum absolute atomic E-state index is 12.1. The Morgan fingerprint density at radius 3 is 2.87 bits per heavy atom. The van der Waals surface area contributed by atoms with Crippen LogP contribution in [0.4, 0.5) is 0 Å². The number of hydrogen-bond acceptors (Lipinski definition) is 4. The maximum Gasteiger partial charge on any atom is 0.341 e. The monoisotopic (exact) mass is 327 g/mol. The molecule has 0 atom stereocenters. The summed E-state index contributed by atoms with van der Waals surface area (Å²) >= 11 is 5.97. The van der Waals surface area contributed by atoms with E-state index in [1.807, 2.05) is 24.4 Å². The highest BCUT2D eigenvalue weighted by molar-refractivity contribution is 6.28. The molecule has 4 rings (SSSR count). The molecule has 0 radical (unpaired) electrons. The Morgan fingerprint density at radius 1 is 1.35 bits per heavy atom. The second-order valence-electron chi connectivity index (χ2n) is 5.59. The molecule has 0 bridgehead atoms. The normalized spacial score (nSPS) is 14.2. The molecule has 1 aromatic carbocycles. The van der Waals surface area contributed by atoms with E-state index in [1.54, 1.807) is 0 Å². The fraction of sp³-hybridized carbons (Fsp3) is 0.235. The van der Waals surface area contributed by atoms with Crippen LogP contribution in [0.25, 0.3) is 22.2 Å². The van der Waals surface area contributed by atoms with Gasteiger partial charge in [-0.1, -0.05) is 18.2 Å². The first-order chi connectivity index (χ1) is 11.2. The Morgan fingerprint density at radius 2 is 2.13 bits per heavy atom. The van der Waals surface area contributed by atoms with Crippen LogP contribution in [0.15, 0.2) is 36.7 Å². The van der Waals surface area contributed by atoms with E-state index in [0.717, 1.165) is 16.5 Å². The lowest BCUT2D eigenvalue weighted by Gasteiger charge is -2.06. The molecular formula is C17H14ClN3O2. The van der Waals surface area contributed by atoms with Crippen molar-refractivity contribution in [1.29, 1.82) is 0 Å². The number of benzene rings is 1. The average molecular weight is 328 g/mol. The van der Waals surface area contributed by atoms with Crippen molar-refractivity contribution in [3.05, 3.63) is 47.5 Å². The Kier molecular flexibility index (Phi) is 3.31. The van der Waals surface area contributed by atoms with Gasteiger partial charge >= 0.3 is 5.97 Å². The average Bonchev–Trinajstić information content (AvgIpc) is 3.34. The lowest BCUT2D eigenvalue weighted by atomic mass is 10.1. The number of carbonyl (C=O) groups is 1. The topological polar surface area (TPSA) is 57.0 Å². The predicted octanol–water partition coefficient (Wildman–Crippen LogP) is 3.87. The van der Waals surface area contributed by atoms with Crippen LogP contribution in [-0.4, -0.2) is 27.6 Å². The van der Waals surface area contributed by atoms with E-state index in [1.165, 1.54) is 26.1 Å². The molecule has 1 aliphatic rings. The molecule has 1 fully saturated rings. The minimum Gasteiger partial charge on any atom is -0.465 e. The molecule has 5 nitrogen and oxygen atoms in total. The van der Waals surface area contributed by atoms with Gasteiger partial charge in [-0.05, 0) is 30.5 Å². The van der Waals surface area contributed by atoms with Gasteiger partial charge in [0, 0.05) is 34.9 Å². The van der Waals surface area contributed by atoms with Gasteiger partial charge < -0.3 is 9.30 Å². The zero-order chi connectivity index (χ0) is 16.0. The highest BCUT2D eigenvalue weighted by atomic mass is 35.5. The van der Waals surface area contributed by atoms with Gasteiger partial charge in [-0.3, -0.25) is 0 Å². The molecule has 23 heavy (non-hydrogen) atoms. The van der Waals surface area contributed by atoms with Crippen molar-refractivity contribution < 1.29 is 9.53 Å². The third-order valence-corrected chi connectivity index (χ3v) is 4.28. The van der Waals surface area contributed by atoms with E-state index in [4.69, 9.17) is 16.3 Å². The van der Waals surface area contributed by atoms with E-state index in [9.17, 15) is 4.79 Å². The summed E-state index contributed by atoms with van der Waals surface area (Å²) in [6.07, 6.45) is 5.81. The molecule has 2 heterocycles. The number of halogens is 1. The van der Waals surface area contributed by atoms with Gasteiger partial charge in [0.2, 0.25) is 5.28 Å². The van der Waals surface area contributed by atoms with Crippen molar-refractivity contribution in [2.45, 2.75) is 18.9 Å². The third-order valence-electron chi connectivity index (χ3n) is 4.10. The first-order valence-corrected chi connectivity index (χ1v) is 7.77. The maximum atomic E-state index is 12.1. The molecule has 1 aliphatic carbocycles. The summed E-state index contributed by atoms with van der Waals surface area (Å²) in [5.74, 6) is -0.472. The lowest BCUT2D eigenvalue weighted by Crippen LogP contribution is -2.06. The number of nitrogens with zero attached hydrogens (tertiary/aromatic N) is 3. The summed E-state index contributed by atoms with van der Waals surface area (Å²) in [5, 5.41) is 1.15. The first kappa shape index (κ1) is 14.2. The van der Waals surface area contributed by atoms with E-state index < -0.39 is 5.97 Å². The number of carbonyl (C=O) groups excluding carboxylic acids is 1. The second kappa shape index (κ2) is 5.35. The van der Waals surface area contributed by atoms with Crippen LogP contribution < -0.4 is 0 Å². The third kappa shape index (κ3) is 2.37. The summed E-state index contributed by atoms with van der Waals surface area (Å²) in [5.41, 5.74) is 2.83. The first-order valence-electron chi connectivity index (χ1n) is 7.40. The van der Waals surface area contributed by atoms with Crippen LogP contribution >= 0.6 is 11.6 Å². The molecule has 0 amide bonds. The molecule has 116 valence electrons. The summed E-state index contributed by atoms with van der Waals surface area (Å²) in [4.78, 5) is 20.3. The zero-order valence-electron chi connectivity index (χ0n) is 12.5. The predicted molar refractivity (Wildman–Crippen MR) is 87.6 cm³/mol. The van der Waals surface area contributed by atoms with Crippen molar-refractivity contribution in [2.75, 3.05) is 7.11 Å². The number of fused-ring (bicyclic) bond motifs is 1. The zero-order valence-corrected chi connectivity index (χ0v) is 13.2. The van der Waals surface area contributed by atoms with Crippen molar-refractivity contribution in [1.82, 2.24) is 14.5 Å². The molecule has 0 aliphatic heterocycles. The van der Waals surface area contributed by atoms with E-state index in [0.29, 0.717) is 17.3 Å². The van der Waals surface area contributed by atoms with Crippen LogP contribution in [0.3, 0.4) is 0 Å². The molecular weight excluding hydrogens is 314 g/mol. The number of aromatic nitrogens is 3. The van der Waals surface area contributed by atoms with Crippen LogP contribution in [-0.2, 0) is 4.74 Å². The highest BCUT2D eigenvalue weighted by Crippen LogP contribution is 2.41. The van der Waals surface area contributed by atoms with Crippen LogP contribution in [0.5, 0.6) is 0 Å². The fourth-order valence-electron chi connectivity index (χ4n) is 2.87. The second-order valence-corrected chi connectivity index (χ2v) is 5.93. The van der Waals surface area contributed by atoms with Gasteiger partial charge in [-0.15, -0.1) is 0 Å². The molecule has 0 N–H and O–H groups in total. The quantitative estimate of drug-likeness (QED) is 0.541. The van der Waals surface area contributed by atoms with Crippen molar-refractivity contribution in [2.24, 2.45) is 0 Å². The Balaban J connectivity index is 1.99. The Hall–Kier alpha value is -2.40. The summed E-state index contributed by atoms with van der Waals surface area (Å²) < 4.78 is 7.10. The Bertz CT molecular complexity index is 915. The minimum atomic E-state index is -0.472. The van der Waals surface area contributed by atoms with Crippen molar-refractivity contribution in [3.63, 3.8) is 0 Å². The van der Waals surface area contributed by atoms with Gasteiger partial charge in [0.1, 0.15) is 5.56 Å². The fourth-order valence-corrected chi connectivity index (χ4v) is 3.01. The molecule has 3 aromatic rings. The summed E-state index contributed by atoms with van der Waals surface area (Å²) in [6, 6.07) is 8.62. The number of rotatable bonds is 3. The van der Waals surface area contributed by atoms with E-state index >= 15 is 0 Å². The molecule has 1 saturated carbocycles. The number of methoxy groups -OCH3 is 1. The van der Waals surface area contributed by atoms with Crippen LogP contribution in [0, 0.1) is 0 Å². The molecule has 0 unspecified atom stereocenters. The standard InChI is InChI=1S/C17H14ClN3O2/c1-23-16(22)12-8-19-17(18)20-15(12)13-9-21(10-6-7-10)14-5-3-2-4-11(13)14/h2-5,8-10H,6-7H2,1H3. The molecule has 0 saturated heterocycles. The SMILES string of the molecule is COC(=O)c1cnc(Cl)nc1-c1cn(C2CC2)c2ccccc12. The number of hydrogen-bond donors (Lipinski definition) is 0. The summed E-state index contributed by atoms with van der Waals surface area (Å²) in [7, 11) is 1.34. The minimum absolute atomic E-state index is 0.107. The van der Waals surface area contributed by atoms with Crippen molar-refractivity contribution in [3.8, 4) is 11.3 Å².